The second-order valence-electron chi connectivity index (χ2n) is 7.53. The van der Waals surface area contributed by atoms with Gasteiger partial charge in [-0.2, -0.15) is 4.98 Å². The van der Waals surface area contributed by atoms with Crippen LogP contribution in [0, 0.1) is 6.92 Å². The summed E-state index contributed by atoms with van der Waals surface area (Å²) in [6, 6.07) is 2.94. The maximum atomic E-state index is 12.9. The predicted molar refractivity (Wildman–Crippen MR) is 113 cm³/mol. The van der Waals surface area contributed by atoms with Gasteiger partial charge in [0, 0.05) is 25.6 Å². The fourth-order valence-corrected chi connectivity index (χ4v) is 5.56. The van der Waals surface area contributed by atoms with E-state index in [0.717, 1.165) is 25.9 Å². The summed E-state index contributed by atoms with van der Waals surface area (Å²) < 4.78 is 39.0. The van der Waals surface area contributed by atoms with Crippen LogP contribution in [0.1, 0.15) is 31.5 Å². The van der Waals surface area contributed by atoms with Crippen molar-refractivity contribution in [3.63, 3.8) is 0 Å². The van der Waals surface area contributed by atoms with Crippen molar-refractivity contribution in [3.05, 3.63) is 28.9 Å². The molecule has 1 saturated heterocycles. The Bertz CT molecular complexity index is 1090. The van der Waals surface area contributed by atoms with Gasteiger partial charge in [-0.3, -0.25) is 14.6 Å². The number of benzene rings is 1. The standard InChI is InChI=1S/C19H24ClN5O5S/c1-3-24-6-4-5-13(24)9-21-31(27,28)17-8-16-15(7-14(17)20)25(19(26)11-29-16)10-18-22-12(2)30-23-18/h7-8,13,21H,3-6,9-11H2,1-2H3/t13-/m1/s1. The molecular weight excluding hydrogens is 446 g/mol. The third-order valence-electron chi connectivity index (χ3n) is 5.53. The molecule has 1 aromatic carbocycles. The van der Waals surface area contributed by atoms with Gasteiger partial charge in [0.05, 0.1) is 17.3 Å². The minimum Gasteiger partial charge on any atom is -0.482 e. The Labute approximate surface area is 185 Å². The highest BCUT2D eigenvalue weighted by Crippen LogP contribution is 2.39. The zero-order chi connectivity index (χ0) is 22.2. The normalized spacial score (nSPS) is 19.5. The summed E-state index contributed by atoms with van der Waals surface area (Å²) in [5, 5.41) is 3.81. The van der Waals surface area contributed by atoms with Crippen molar-refractivity contribution in [2.24, 2.45) is 0 Å². The van der Waals surface area contributed by atoms with Crippen LogP contribution in [-0.4, -0.2) is 61.6 Å². The number of aryl methyl sites for hydroxylation is 1. The van der Waals surface area contributed by atoms with Gasteiger partial charge in [-0.25, -0.2) is 13.1 Å². The number of nitrogens with one attached hydrogen (secondary N) is 1. The van der Waals surface area contributed by atoms with Gasteiger partial charge < -0.3 is 9.26 Å². The highest BCUT2D eigenvalue weighted by molar-refractivity contribution is 7.89. The van der Waals surface area contributed by atoms with Gasteiger partial charge in [0.15, 0.2) is 12.4 Å². The van der Waals surface area contributed by atoms with E-state index in [1.165, 1.54) is 17.0 Å². The molecule has 0 radical (unpaired) electrons. The number of aromatic nitrogens is 2. The third kappa shape index (κ3) is 4.54. The molecule has 1 fully saturated rings. The van der Waals surface area contributed by atoms with E-state index in [1.54, 1.807) is 6.92 Å². The van der Waals surface area contributed by atoms with E-state index in [4.69, 9.17) is 20.9 Å². The number of fused-ring (bicyclic) bond motifs is 1. The molecule has 0 saturated carbocycles. The summed E-state index contributed by atoms with van der Waals surface area (Å²) in [6.45, 7) is 5.70. The molecule has 2 aliphatic heterocycles. The van der Waals surface area contributed by atoms with Crippen molar-refractivity contribution in [1.82, 2.24) is 19.8 Å². The smallest absolute Gasteiger partial charge is 0.265 e. The Morgan fingerprint density at radius 3 is 2.87 bits per heavy atom. The van der Waals surface area contributed by atoms with E-state index < -0.39 is 10.0 Å². The van der Waals surface area contributed by atoms with Crippen molar-refractivity contribution in [3.8, 4) is 5.75 Å². The molecule has 1 amide bonds. The first kappa shape index (κ1) is 22.0. The number of likely N-dealkylation sites (tertiary alicyclic amines) is 1. The quantitative estimate of drug-likeness (QED) is 0.651. The average Bonchev–Trinajstić information content (AvgIpc) is 3.36. The van der Waals surface area contributed by atoms with Gasteiger partial charge in [-0.15, -0.1) is 0 Å². The molecule has 1 aromatic heterocycles. The van der Waals surface area contributed by atoms with E-state index in [1.807, 2.05) is 0 Å². The number of ether oxygens (including phenoxy) is 1. The molecule has 3 heterocycles. The summed E-state index contributed by atoms with van der Waals surface area (Å²) in [5.74, 6) is 0.636. The Hall–Kier alpha value is -2.21. The highest BCUT2D eigenvalue weighted by atomic mass is 35.5. The lowest BCUT2D eigenvalue weighted by Gasteiger charge is -2.29. The van der Waals surface area contributed by atoms with E-state index in [-0.39, 0.29) is 40.8 Å². The van der Waals surface area contributed by atoms with Crippen LogP contribution in [0.2, 0.25) is 5.02 Å². The maximum absolute atomic E-state index is 12.9. The topological polar surface area (TPSA) is 118 Å². The van der Waals surface area contributed by atoms with Crippen LogP contribution in [-0.2, 0) is 21.4 Å². The summed E-state index contributed by atoms with van der Waals surface area (Å²) in [5.41, 5.74) is 0.357. The molecule has 10 nitrogen and oxygen atoms in total. The number of carbonyl (C=O) groups is 1. The first-order valence-corrected chi connectivity index (χ1v) is 11.9. The molecule has 31 heavy (non-hydrogen) atoms. The van der Waals surface area contributed by atoms with Crippen LogP contribution in [0.15, 0.2) is 21.6 Å². The zero-order valence-corrected chi connectivity index (χ0v) is 18.9. The van der Waals surface area contributed by atoms with Crippen LogP contribution in [0.4, 0.5) is 5.69 Å². The van der Waals surface area contributed by atoms with Crippen LogP contribution in [0.25, 0.3) is 0 Å². The number of hydrogen-bond donors (Lipinski definition) is 1. The fraction of sp³-hybridized carbons (Fsp3) is 0.526. The van der Waals surface area contributed by atoms with Crippen molar-refractivity contribution >= 4 is 33.2 Å². The Kier molecular flexibility index (Phi) is 6.20. The number of hydrogen-bond acceptors (Lipinski definition) is 8. The lowest BCUT2D eigenvalue weighted by Crippen LogP contribution is -2.40. The van der Waals surface area contributed by atoms with Gasteiger partial charge in [0.1, 0.15) is 10.6 Å². The zero-order valence-electron chi connectivity index (χ0n) is 17.3. The first-order valence-electron chi connectivity index (χ1n) is 10.1. The molecule has 12 heteroatoms. The predicted octanol–water partition coefficient (Wildman–Crippen LogP) is 1.72. The summed E-state index contributed by atoms with van der Waals surface area (Å²) in [6.07, 6.45) is 2.00. The Morgan fingerprint density at radius 1 is 1.35 bits per heavy atom. The molecule has 0 aliphatic carbocycles. The van der Waals surface area contributed by atoms with Gasteiger partial charge in [0.2, 0.25) is 15.9 Å². The van der Waals surface area contributed by atoms with E-state index in [0.29, 0.717) is 23.9 Å². The monoisotopic (exact) mass is 469 g/mol. The van der Waals surface area contributed by atoms with Gasteiger partial charge in [-0.1, -0.05) is 23.7 Å². The number of rotatable bonds is 7. The Morgan fingerprint density at radius 2 is 2.16 bits per heavy atom. The minimum atomic E-state index is -3.86. The van der Waals surface area contributed by atoms with Crippen molar-refractivity contribution in [2.45, 2.75) is 44.2 Å². The second kappa shape index (κ2) is 8.73. The van der Waals surface area contributed by atoms with Crippen molar-refractivity contribution in [1.29, 1.82) is 0 Å². The van der Waals surface area contributed by atoms with Gasteiger partial charge >= 0.3 is 0 Å². The van der Waals surface area contributed by atoms with Crippen LogP contribution in [0.3, 0.4) is 0 Å². The molecule has 0 unspecified atom stereocenters. The number of likely N-dealkylation sites (N-methyl/N-ethyl adjacent to an activating group) is 1. The number of carbonyl (C=O) groups excluding carboxylic acids is 1. The summed E-state index contributed by atoms with van der Waals surface area (Å²) in [7, 11) is -3.86. The van der Waals surface area contributed by atoms with Crippen LogP contribution in [0.5, 0.6) is 5.75 Å². The maximum Gasteiger partial charge on any atom is 0.265 e. The molecule has 2 aromatic rings. The highest BCUT2D eigenvalue weighted by Gasteiger charge is 2.31. The number of amides is 1. The molecule has 0 bridgehead atoms. The number of halogens is 1. The fourth-order valence-electron chi connectivity index (χ4n) is 3.96. The summed E-state index contributed by atoms with van der Waals surface area (Å²) >= 11 is 6.34. The van der Waals surface area contributed by atoms with Crippen LogP contribution < -0.4 is 14.4 Å². The Balaban J connectivity index is 1.57. The second-order valence-corrected chi connectivity index (χ2v) is 9.67. The van der Waals surface area contributed by atoms with E-state index >= 15 is 0 Å². The van der Waals surface area contributed by atoms with Gasteiger partial charge in [0.25, 0.3) is 5.91 Å². The van der Waals surface area contributed by atoms with Crippen molar-refractivity contribution in [2.75, 3.05) is 31.1 Å². The molecule has 0 spiro atoms. The number of nitrogens with zero attached hydrogens (tertiary/aromatic N) is 4. The molecule has 1 atom stereocenters. The van der Waals surface area contributed by atoms with Crippen LogP contribution >= 0.6 is 11.6 Å². The first-order chi connectivity index (χ1) is 14.8. The van der Waals surface area contributed by atoms with E-state index in [2.05, 4.69) is 26.7 Å². The van der Waals surface area contributed by atoms with Crippen molar-refractivity contribution < 1.29 is 22.5 Å². The lowest BCUT2D eigenvalue weighted by molar-refractivity contribution is -0.121. The van der Waals surface area contributed by atoms with E-state index in [9.17, 15) is 13.2 Å². The SMILES string of the molecule is CCN1CCC[C@@H]1CNS(=O)(=O)c1cc2c(cc1Cl)N(Cc1noc(C)n1)C(=O)CO2. The minimum absolute atomic E-state index is 0.00221. The third-order valence-corrected chi connectivity index (χ3v) is 7.42. The lowest BCUT2D eigenvalue weighted by atomic mass is 10.2. The molecule has 168 valence electrons. The number of anilines is 1. The molecule has 1 N–H and O–H groups in total. The molecule has 4 rings (SSSR count). The average molecular weight is 470 g/mol. The van der Waals surface area contributed by atoms with Gasteiger partial charge in [-0.05, 0) is 32.0 Å². The largest absolute Gasteiger partial charge is 0.482 e. The number of sulfonamides is 1. The molecule has 2 aliphatic rings. The summed E-state index contributed by atoms with van der Waals surface area (Å²) in [4.78, 5) is 20.1. The molecular formula is C19H24ClN5O5S.